The van der Waals surface area contributed by atoms with Gasteiger partial charge in [0.25, 0.3) is 0 Å². The van der Waals surface area contributed by atoms with E-state index >= 15 is 0 Å². The van der Waals surface area contributed by atoms with Crippen molar-refractivity contribution in [2.75, 3.05) is 44.4 Å². The molecule has 1 aromatic carbocycles. The zero-order valence-corrected chi connectivity index (χ0v) is 14.5. The minimum atomic E-state index is 0.705. The fraction of sp³-hybridized carbons (Fsp3) is 0.600. The Morgan fingerprint density at radius 3 is 2.20 bits per heavy atom. The van der Waals surface area contributed by atoms with Crippen molar-refractivity contribution in [1.82, 2.24) is 0 Å². The van der Waals surface area contributed by atoms with Crippen molar-refractivity contribution in [3.8, 4) is 0 Å². The molecule has 0 bridgehead atoms. The van der Waals surface area contributed by atoms with E-state index in [2.05, 4.69) is 26.9 Å². The van der Waals surface area contributed by atoms with Gasteiger partial charge in [0.2, 0.25) is 0 Å². The molecule has 0 unspecified atom stereocenters. The molecule has 0 heterocycles. The van der Waals surface area contributed by atoms with Crippen molar-refractivity contribution >= 4 is 33.2 Å². The van der Waals surface area contributed by atoms with Gasteiger partial charge in [-0.15, -0.1) is 0 Å². The highest BCUT2D eigenvalue weighted by atomic mass is 79.9. The summed E-state index contributed by atoms with van der Waals surface area (Å²) in [7, 11) is 0. The first-order valence-electron chi connectivity index (χ1n) is 6.98. The lowest BCUT2D eigenvalue weighted by molar-refractivity contribution is 0.141. The van der Waals surface area contributed by atoms with Crippen LogP contribution in [0.25, 0.3) is 0 Å². The number of hydrogen-bond donors (Lipinski definition) is 0. The van der Waals surface area contributed by atoms with Gasteiger partial charge in [-0.25, -0.2) is 0 Å². The summed E-state index contributed by atoms with van der Waals surface area (Å²) >= 11 is 9.79. The van der Waals surface area contributed by atoms with E-state index in [0.717, 1.165) is 47.9 Å². The highest BCUT2D eigenvalue weighted by Gasteiger charge is 2.13. The van der Waals surface area contributed by atoms with Gasteiger partial charge in [-0.05, 0) is 26.0 Å². The second-order valence-corrected chi connectivity index (χ2v) is 5.22. The number of hydrogen-bond acceptors (Lipinski definition) is 3. The molecule has 20 heavy (non-hydrogen) atoms. The second kappa shape index (κ2) is 10.4. The molecule has 5 heteroatoms. The quantitative estimate of drug-likeness (QED) is 0.460. The summed E-state index contributed by atoms with van der Waals surface area (Å²) in [5.41, 5.74) is 2.26. The predicted molar refractivity (Wildman–Crippen MR) is 89.3 cm³/mol. The molecule has 0 fully saturated rings. The normalized spacial score (nSPS) is 10.8. The van der Waals surface area contributed by atoms with Crippen LogP contribution in [0.15, 0.2) is 18.2 Å². The molecule has 0 spiro atoms. The van der Waals surface area contributed by atoms with Gasteiger partial charge in [0.1, 0.15) is 0 Å². The van der Waals surface area contributed by atoms with E-state index in [4.69, 9.17) is 21.1 Å². The molecule has 0 atom stereocenters. The van der Waals surface area contributed by atoms with Crippen LogP contribution in [0.2, 0.25) is 5.02 Å². The Bertz CT molecular complexity index is 380. The van der Waals surface area contributed by atoms with Crippen molar-refractivity contribution in [3.05, 3.63) is 28.8 Å². The molecule has 0 aliphatic heterocycles. The van der Waals surface area contributed by atoms with Crippen LogP contribution in [0.4, 0.5) is 5.69 Å². The van der Waals surface area contributed by atoms with Crippen molar-refractivity contribution < 1.29 is 9.47 Å². The summed E-state index contributed by atoms with van der Waals surface area (Å²) in [6.45, 7) is 8.57. The van der Waals surface area contributed by atoms with Gasteiger partial charge in [-0.1, -0.05) is 33.6 Å². The SMILES string of the molecule is CCOCCN(CCOCC)c1cccc(Cl)c1CBr. The Labute approximate surface area is 135 Å². The van der Waals surface area contributed by atoms with Crippen molar-refractivity contribution in [2.24, 2.45) is 0 Å². The van der Waals surface area contributed by atoms with Gasteiger partial charge in [0, 0.05) is 47.9 Å². The van der Waals surface area contributed by atoms with Crippen molar-refractivity contribution in [3.63, 3.8) is 0 Å². The van der Waals surface area contributed by atoms with Crippen LogP contribution in [-0.2, 0) is 14.8 Å². The number of rotatable bonds is 10. The third kappa shape index (κ3) is 5.60. The summed E-state index contributed by atoms with van der Waals surface area (Å²) in [4.78, 5) is 2.27. The third-order valence-electron chi connectivity index (χ3n) is 2.99. The number of benzene rings is 1. The van der Waals surface area contributed by atoms with Crippen LogP contribution in [0.3, 0.4) is 0 Å². The van der Waals surface area contributed by atoms with Gasteiger partial charge in [0.05, 0.1) is 13.2 Å². The lowest BCUT2D eigenvalue weighted by Crippen LogP contribution is -2.31. The predicted octanol–water partition coefficient (Wildman–Crippen LogP) is 4.11. The van der Waals surface area contributed by atoms with Gasteiger partial charge in [0.15, 0.2) is 0 Å². The second-order valence-electron chi connectivity index (χ2n) is 4.25. The average molecular weight is 365 g/mol. The first kappa shape index (κ1) is 17.8. The largest absolute Gasteiger partial charge is 0.380 e. The van der Waals surface area contributed by atoms with Gasteiger partial charge < -0.3 is 14.4 Å². The number of nitrogens with zero attached hydrogens (tertiary/aromatic N) is 1. The Balaban J connectivity index is 2.81. The van der Waals surface area contributed by atoms with Crippen molar-refractivity contribution in [2.45, 2.75) is 19.2 Å². The lowest BCUT2D eigenvalue weighted by Gasteiger charge is -2.27. The number of alkyl halides is 1. The van der Waals surface area contributed by atoms with E-state index < -0.39 is 0 Å². The number of halogens is 2. The fourth-order valence-corrected chi connectivity index (χ4v) is 2.95. The molecule has 0 aliphatic carbocycles. The summed E-state index contributed by atoms with van der Waals surface area (Å²) in [5.74, 6) is 0. The smallest absolute Gasteiger partial charge is 0.0641 e. The van der Waals surface area contributed by atoms with Crippen LogP contribution < -0.4 is 4.90 Å². The maximum Gasteiger partial charge on any atom is 0.0641 e. The molecule has 0 aliphatic rings. The Hall–Kier alpha value is -0.290. The van der Waals surface area contributed by atoms with Crippen LogP contribution in [0.1, 0.15) is 19.4 Å². The van der Waals surface area contributed by atoms with E-state index in [1.54, 1.807) is 0 Å². The minimum absolute atomic E-state index is 0.705. The summed E-state index contributed by atoms with van der Waals surface area (Å²) in [5, 5.41) is 1.53. The molecule has 0 saturated carbocycles. The molecular formula is C15H23BrClNO2. The summed E-state index contributed by atoms with van der Waals surface area (Å²) < 4.78 is 10.9. The summed E-state index contributed by atoms with van der Waals surface area (Å²) in [6.07, 6.45) is 0. The van der Waals surface area contributed by atoms with E-state index in [0.29, 0.717) is 13.2 Å². The molecule has 114 valence electrons. The molecule has 0 N–H and O–H groups in total. The minimum Gasteiger partial charge on any atom is -0.380 e. The zero-order valence-electron chi connectivity index (χ0n) is 12.2. The van der Waals surface area contributed by atoms with Crippen LogP contribution >= 0.6 is 27.5 Å². The standard InChI is InChI=1S/C15H23BrClNO2/c1-3-19-10-8-18(9-11-20-4-2)15-7-5-6-14(17)13(15)12-16/h5-7H,3-4,8-12H2,1-2H3. The van der Waals surface area contributed by atoms with E-state index in [1.165, 1.54) is 0 Å². The van der Waals surface area contributed by atoms with Crippen LogP contribution in [-0.4, -0.2) is 39.5 Å². The lowest BCUT2D eigenvalue weighted by atomic mass is 10.2. The molecule has 0 amide bonds. The van der Waals surface area contributed by atoms with Crippen molar-refractivity contribution in [1.29, 1.82) is 0 Å². The fourth-order valence-electron chi connectivity index (χ4n) is 1.97. The maximum atomic E-state index is 6.28. The Morgan fingerprint density at radius 1 is 1.10 bits per heavy atom. The molecule has 1 aromatic rings. The highest BCUT2D eigenvalue weighted by molar-refractivity contribution is 9.08. The molecule has 0 radical (unpaired) electrons. The molecule has 3 nitrogen and oxygen atoms in total. The first-order valence-corrected chi connectivity index (χ1v) is 8.48. The van der Waals surface area contributed by atoms with Crippen LogP contribution in [0, 0.1) is 0 Å². The molecular weight excluding hydrogens is 342 g/mol. The average Bonchev–Trinajstić information content (AvgIpc) is 2.46. The monoisotopic (exact) mass is 363 g/mol. The summed E-state index contributed by atoms with van der Waals surface area (Å²) in [6, 6.07) is 6.00. The molecule has 0 saturated heterocycles. The number of ether oxygens (including phenoxy) is 2. The third-order valence-corrected chi connectivity index (χ3v) is 3.90. The highest BCUT2D eigenvalue weighted by Crippen LogP contribution is 2.29. The van der Waals surface area contributed by atoms with Crippen LogP contribution in [0.5, 0.6) is 0 Å². The van der Waals surface area contributed by atoms with E-state index in [9.17, 15) is 0 Å². The van der Waals surface area contributed by atoms with Gasteiger partial charge >= 0.3 is 0 Å². The Kier molecular flexibility index (Phi) is 9.27. The number of anilines is 1. The first-order chi connectivity index (χ1) is 9.74. The molecule has 0 aromatic heterocycles. The van der Waals surface area contributed by atoms with E-state index in [1.807, 2.05) is 26.0 Å². The van der Waals surface area contributed by atoms with E-state index in [-0.39, 0.29) is 0 Å². The maximum absolute atomic E-state index is 6.28. The van der Waals surface area contributed by atoms with Gasteiger partial charge in [-0.3, -0.25) is 0 Å². The molecule has 1 rings (SSSR count). The zero-order chi connectivity index (χ0) is 14.8. The van der Waals surface area contributed by atoms with Gasteiger partial charge in [-0.2, -0.15) is 0 Å². The Morgan fingerprint density at radius 2 is 1.70 bits per heavy atom. The topological polar surface area (TPSA) is 21.7 Å².